The van der Waals surface area contributed by atoms with E-state index in [1.54, 1.807) is 6.07 Å². The van der Waals surface area contributed by atoms with Crippen molar-refractivity contribution in [1.82, 2.24) is 15.3 Å². The van der Waals surface area contributed by atoms with Crippen LogP contribution in [-0.4, -0.2) is 35.9 Å². The van der Waals surface area contributed by atoms with Crippen LogP contribution in [0.3, 0.4) is 0 Å². The predicted octanol–water partition coefficient (Wildman–Crippen LogP) is 3.04. The van der Waals surface area contributed by atoms with Gasteiger partial charge in [0.15, 0.2) is 5.16 Å². The van der Waals surface area contributed by atoms with Crippen LogP contribution in [0.1, 0.15) is 19.3 Å². The minimum Gasteiger partial charge on any atom is -0.478 e. The molecule has 0 spiro atoms. The third-order valence-electron chi connectivity index (χ3n) is 3.01. The second kappa shape index (κ2) is 8.84. The van der Waals surface area contributed by atoms with Gasteiger partial charge in [-0.3, -0.25) is 0 Å². The van der Waals surface area contributed by atoms with E-state index in [0.717, 1.165) is 25.4 Å². The molecule has 2 heterocycles. The minimum atomic E-state index is 0. The van der Waals surface area contributed by atoms with Gasteiger partial charge in [-0.05, 0) is 44.5 Å². The normalized spacial score (nSPS) is 18.7. The molecule has 0 bridgehead atoms. The second-order valence-electron chi connectivity index (χ2n) is 4.37. The first-order valence-electron chi connectivity index (χ1n) is 6.20. The maximum absolute atomic E-state index is 5.90. The van der Waals surface area contributed by atoms with Crippen molar-refractivity contribution in [1.29, 1.82) is 0 Å². The number of hydrogen-bond donors (Lipinski definition) is 1. The van der Waals surface area contributed by atoms with Crippen molar-refractivity contribution in [3.63, 3.8) is 0 Å². The van der Waals surface area contributed by atoms with Crippen molar-refractivity contribution in [2.45, 2.75) is 24.4 Å². The van der Waals surface area contributed by atoms with Gasteiger partial charge in [-0.1, -0.05) is 23.4 Å². The number of rotatable bonds is 5. The van der Waals surface area contributed by atoms with Crippen LogP contribution in [0.4, 0.5) is 0 Å². The van der Waals surface area contributed by atoms with Gasteiger partial charge in [0.2, 0.25) is 5.88 Å². The Balaban J connectivity index is 0.00000180. The molecule has 1 aromatic heterocycles. The standard InChI is InChI=1S/C12H18ClN3OS.ClH/c1-18-12-15-10(13)7-11(16-12)17-6-4-9-3-2-5-14-8-9;/h7,9,14H,2-6,8H2,1H3;1H. The van der Waals surface area contributed by atoms with Gasteiger partial charge in [-0.25, -0.2) is 4.98 Å². The first kappa shape index (κ1) is 16.8. The molecule has 1 unspecified atom stereocenters. The summed E-state index contributed by atoms with van der Waals surface area (Å²) >= 11 is 7.36. The number of nitrogens with one attached hydrogen (secondary N) is 1. The largest absolute Gasteiger partial charge is 0.478 e. The molecule has 1 aromatic rings. The van der Waals surface area contributed by atoms with Crippen LogP contribution in [0.25, 0.3) is 0 Å². The Labute approximate surface area is 129 Å². The summed E-state index contributed by atoms with van der Waals surface area (Å²) in [5.74, 6) is 1.29. The molecule has 0 radical (unpaired) electrons. The Bertz CT molecular complexity index is 389. The topological polar surface area (TPSA) is 47.0 Å². The van der Waals surface area contributed by atoms with Crippen molar-refractivity contribution >= 4 is 35.8 Å². The molecule has 1 aliphatic rings. The molecular weight excluding hydrogens is 305 g/mol. The van der Waals surface area contributed by atoms with E-state index < -0.39 is 0 Å². The number of hydrogen-bond acceptors (Lipinski definition) is 5. The lowest BCUT2D eigenvalue weighted by molar-refractivity contribution is 0.246. The van der Waals surface area contributed by atoms with E-state index in [4.69, 9.17) is 16.3 Å². The van der Waals surface area contributed by atoms with Gasteiger partial charge in [0.05, 0.1) is 6.61 Å². The van der Waals surface area contributed by atoms with Gasteiger partial charge in [0, 0.05) is 6.07 Å². The number of thioether (sulfide) groups is 1. The smallest absolute Gasteiger partial charge is 0.218 e. The molecule has 108 valence electrons. The van der Waals surface area contributed by atoms with Crippen molar-refractivity contribution in [3.05, 3.63) is 11.2 Å². The molecule has 0 aromatic carbocycles. The molecule has 1 N–H and O–H groups in total. The SMILES string of the molecule is CSc1nc(Cl)cc(OCCC2CCCNC2)n1.Cl. The van der Waals surface area contributed by atoms with Gasteiger partial charge in [0.25, 0.3) is 0 Å². The lowest BCUT2D eigenvalue weighted by atomic mass is 9.97. The Morgan fingerprint density at radius 3 is 3.05 bits per heavy atom. The van der Waals surface area contributed by atoms with Gasteiger partial charge in [-0.2, -0.15) is 4.98 Å². The monoisotopic (exact) mass is 323 g/mol. The lowest BCUT2D eigenvalue weighted by Gasteiger charge is -2.22. The molecule has 0 amide bonds. The van der Waals surface area contributed by atoms with Crippen LogP contribution in [0.2, 0.25) is 5.15 Å². The molecule has 19 heavy (non-hydrogen) atoms. The fourth-order valence-corrected chi connectivity index (χ4v) is 2.64. The molecular formula is C12H19Cl2N3OS. The third-order valence-corrected chi connectivity index (χ3v) is 3.75. The quantitative estimate of drug-likeness (QED) is 0.512. The van der Waals surface area contributed by atoms with Crippen molar-refractivity contribution in [2.24, 2.45) is 5.92 Å². The van der Waals surface area contributed by atoms with Crippen LogP contribution in [-0.2, 0) is 0 Å². The molecule has 1 atom stereocenters. The number of aromatic nitrogens is 2. The molecule has 1 fully saturated rings. The number of nitrogens with zero attached hydrogens (tertiary/aromatic N) is 2. The van der Waals surface area contributed by atoms with Gasteiger partial charge >= 0.3 is 0 Å². The summed E-state index contributed by atoms with van der Waals surface area (Å²) in [5.41, 5.74) is 0. The van der Waals surface area contributed by atoms with Crippen molar-refractivity contribution in [2.75, 3.05) is 26.0 Å². The van der Waals surface area contributed by atoms with Crippen LogP contribution in [0, 0.1) is 5.92 Å². The maximum atomic E-state index is 5.90. The van der Waals surface area contributed by atoms with E-state index >= 15 is 0 Å². The maximum Gasteiger partial charge on any atom is 0.218 e. The molecule has 1 saturated heterocycles. The van der Waals surface area contributed by atoms with Crippen molar-refractivity contribution in [3.8, 4) is 5.88 Å². The summed E-state index contributed by atoms with van der Waals surface area (Å²) in [6.45, 7) is 2.94. The molecule has 4 nitrogen and oxygen atoms in total. The number of halogens is 2. The van der Waals surface area contributed by atoms with Crippen molar-refractivity contribution < 1.29 is 4.74 Å². The summed E-state index contributed by atoms with van der Waals surface area (Å²) < 4.78 is 5.66. The molecule has 0 saturated carbocycles. The summed E-state index contributed by atoms with van der Waals surface area (Å²) in [4.78, 5) is 8.34. The minimum absolute atomic E-state index is 0. The highest BCUT2D eigenvalue weighted by atomic mass is 35.5. The average Bonchev–Trinajstić information content (AvgIpc) is 2.39. The Hall–Kier alpha value is -0.230. The summed E-state index contributed by atoms with van der Waals surface area (Å²) in [6.07, 6.45) is 5.53. The molecule has 0 aliphatic carbocycles. The van der Waals surface area contributed by atoms with Crippen LogP contribution in [0.5, 0.6) is 5.88 Å². The van der Waals surface area contributed by atoms with E-state index in [-0.39, 0.29) is 12.4 Å². The van der Waals surface area contributed by atoms with Gasteiger partial charge < -0.3 is 10.1 Å². The zero-order chi connectivity index (χ0) is 12.8. The van der Waals surface area contributed by atoms with Crippen LogP contribution >= 0.6 is 35.8 Å². The second-order valence-corrected chi connectivity index (χ2v) is 5.53. The number of ether oxygens (including phenoxy) is 1. The van der Waals surface area contributed by atoms with E-state index in [9.17, 15) is 0 Å². The van der Waals surface area contributed by atoms with E-state index in [2.05, 4.69) is 15.3 Å². The van der Waals surface area contributed by atoms with Crippen LogP contribution < -0.4 is 10.1 Å². The predicted molar refractivity (Wildman–Crippen MR) is 81.8 cm³/mol. The fraction of sp³-hybridized carbons (Fsp3) is 0.667. The van der Waals surface area contributed by atoms with E-state index in [1.807, 2.05) is 6.26 Å². The zero-order valence-electron chi connectivity index (χ0n) is 10.9. The highest BCUT2D eigenvalue weighted by Gasteiger charge is 2.13. The van der Waals surface area contributed by atoms with E-state index in [0.29, 0.717) is 22.8 Å². The van der Waals surface area contributed by atoms with Crippen LogP contribution in [0.15, 0.2) is 11.2 Å². The Morgan fingerprint density at radius 1 is 1.53 bits per heavy atom. The highest BCUT2D eigenvalue weighted by Crippen LogP contribution is 2.20. The number of piperidine rings is 1. The summed E-state index contributed by atoms with van der Waals surface area (Å²) in [6, 6.07) is 1.67. The Kier molecular flexibility index (Phi) is 7.83. The van der Waals surface area contributed by atoms with E-state index in [1.165, 1.54) is 24.6 Å². The van der Waals surface area contributed by atoms with Gasteiger partial charge in [0.1, 0.15) is 5.15 Å². The average molecular weight is 324 g/mol. The molecule has 2 rings (SSSR count). The lowest BCUT2D eigenvalue weighted by Crippen LogP contribution is -2.30. The Morgan fingerprint density at radius 2 is 2.37 bits per heavy atom. The highest BCUT2D eigenvalue weighted by molar-refractivity contribution is 7.98. The summed E-state index contributed by atoms with van der Waals surface area (Å²) in [7, 11) is 0. The summed E-state index contributed by atoms with van der Waals surface area (Å²) in [5, 5.41) is 4.49. The molecule has 1 aliphatic heterocycles. The first-order chi connectivity index (χ1) is 8.78. The fourth-order valence-electron chi connectivity index (χ4n) is 2.04. The zero-order valence-corrected chi connectivity index (χ0v) is 13.3. The first-order valence-corrected chi connectivity index (χ1v) is 7.80. The van der Waals surface area contributed by atoms with Gasteiger partial charge in [-0.15, -0.1) is 12.4 Å². The third kappa shape index (κ3) is 5.73. The molecule has 7 heteroatoms.